The fourth-order valence-electron chi connectivity index (χ4n) is 3.07. The van der Waals surface area contributed by atoms with Gasteiger partial charge in [-0.1, -0.05) is 12.1 Å². The normalized spacial score (nSPS) is 11.2. The number of aromatic nitrogens is 1. The highest BCUT2D eigenvalue weighted by Gasteiger charge is 2.16. The number of hydrogen-bond acceptors (Lipinski definition) is 4. The Hall–Kier alpha value is -3.47. The van der Waals surface area contributed by atoms with Crippen LogP contribution in [0.1, 0.15) is 0 Å². The van der Waals surface area contributed by atoms with Gasteiger partial charge in [0.05, 0.1) is 10.9 Å². The quantitative estimate of drug-likeness (QED) is 0.286. The number of phenols is 1. The lowest BCUT2D eigenvalue weighted by atomic mass is 10.1. The van der Waals surface area contributed by atoms with E-state index in [0.717, 1.165) is 5.69 Å². The number of benzene rings is 3. The molecule has 0 saturated carbocycles. The Morgan fingerprint density at radius 3 is 2.33 bits per heavy atom. The fourth-order valence-corrected chi connectivity index (χ4v) is 3.07. The molecule has 0 aliphatic heterocycles. The highest BCUT2D eigenvalue weighted by Crippen LogP contribution is 2.32. The van der Waals surface area contributed by atoms with Crippen molar-refractivity contribution in [2.45, 2.75) is 0 Å². The summed E-state index contributed by atoms with van der Waals surface area (Å²) >= 11 is 0. The van der Waals surface area contributed by atoms with E-state index in [-0.39, 0.29) is 11.2 Å². The zero-order chi connectivity index (χ0) is 16.8. The maximum atomic E-state index is 12.9. The standard InChI is InChI=1S/C19H15N3O2/c20-11-5-7-12(8-6-11)22-15-4-2-1-3-13(15)19(24)17-14(21)9-10-16(23)18(17)22/h1-10,23H,20-21H2. The van der Waals surface area contributed by atoms with Crippen molar-refractivity contribution in [1.82, 2.24) is 4.57 Å². The third-order valence-electron chi connectivity index (χ3n) is 4.18. The van der Waals surface area contributed by atoms with Crippen molar-refractivity contribution in [3.8, 4) is 11.4 Å². The number of fused-ring (bicyclic) bond motifs is 2. The summed E-state index contributed by atoms with van der Waals surface area (Å²) < 4.78 is 1.83. The Bertz CT molecular complexity index is 1150. The molecular formula is C19H15N3O2. The lowest BCUT2D eigenvalue weighted by Crippen LogP contribution is -2.12. The van der Waals surface area contributed by atoms with Crippen LogP contribution in [0.25, 0.3) is 27.5 Å². The molecule has 118 valence electrons. The first-order valence-corrected chi connectivity index (χ1v) is 7.49. The first-order valence-electron chi connectivity index (χ1n) is 7.49. The molecule has 24 heavy (non-hydrogen) atoms. The van der Waals surface area contributed by atoms with E-state index in [1.54, 1.807) is 24.3 Å². The fraction of sp³-hybridized carbons (Fsp3) is 0. The van der Waals surface area contributed by atoms with E-state index in [4.69, 9.17) is 11.5 Å². The number of phenolic OH excluding ortho intramolecular Hbond substituents is 1. The van der Waals surface area contributed by atoms with Crippen LogP contribution in [0, 0.1) is 0 Å². The average Bonchev–Trinajstić information content (AvgIpc) is 2.59. The Balaban J connectivity index is 2.33. The van der Waals surface area contributed by atoms with E-state index in [0.29, 0.717) is 33.2 Å². The predicted octanol–water partition coefficient (Wildman–Crippen LogP) is 3.01. The van der Waals surface area contributed by atoms with E-state index in [1.807, 2.05) is 34.9 Å². The van der Waals surface area contributed by atoms with E-state index >= 15 is 0 Å². The van der Waals surface area contributed by atoms with Crippen LogP contribution in [0.2, 0.25) is 0 Å². The van der Waals surface area contributed by atoms with Crippen molar-refractivity contribution < 1.29 is 5.11 Å². The molecular weight excluding hydrogens is 302 g/mol. The van der Waals surface area contributed by atoms with Gasteiger partial charge in [0.25, 0.3) is 0 Å². The summed E-state index contributed by atoms with van der Waals surface area (Å²) in [5, 5.41) is 11.3. The van der Waals surface area contributed by atoms with Crippen LogP contribution in [0.5, 0.6) is 5.75 Å². The number of nitrogens with zero attached hydrogens (tertiary/aromatic N) is 1. The van der Waals surface area contributed by atoms with Gasteiger partial charge in [0.1, 0.15) is 11.3 Å². The van der Waals surface area contributed by atoms with Crippen LogP contribution in [0.4, 0.5) is 11.4 Å². The maximum Gasteiger partial charge on any atom is 0.199 e. The molecule has 5 N–H and O–H groups in total. The smallest absolute Gasteiger partial charge is 0.199 e. The third kappa shape index (κ3) is 1.91. The minimum absolute atomic E-state index is 0.00104. The molecule has 0 saturated heterocycles. The van der Waals surface area contributed by atoms with Gasteiger partial charge < -0.3 is 21.1 Å². The van der Waals surface area contributed by atoms with Gasteiger partial charge in [-0.05, 0) is 48.5 Å². The zero-order valence-electron chi connectivity index (χ0n) is 12.7. The van der Waals surface area contributed by atoms with Crippen LogP contribution >= 0.6 is 0 Å². The first-order chi connectivity index (χ1) is 11.6. The lowest BCUT2D eigenvalue weighted by Gasteiger charge is -2.17. The molecule has 0 atom stereocenters. The molecule has 5 nitrogen and oxygen atoms in total. The largest absolute Gasteiger partial charge is 0.506 e. The second-order valence-corrected chi connectivity index (χ2v) is 5.67. The number of nitrogens with two attached hydrogens (primary N) is 2. The topological polar surface area (TPSA) is 94.3 Å². The minimum Gasteiger partial charge on any atom is -0.506 e. The summed E-state index contributed by atoms with van der Waals surface area (Å²) in [7, 11) is 0. The summed E-state index contributed by atoms with van der Waals surface area (Å²) in [6.45, 7) is 0. The Labute approximate surface area is 137 Å². The highest BCUT2D eigenvalue weighted by atomic mass is 16.3. The molecule has 1 heterocycles. The summed E-state index contributed by atoms with van der Waals surface area (Å²) in [6, 6.07) is 17.5. The minimum atomic E-state index is -0.194. The predicted molar refractivity (Wildman–Crippen MR) is 97.5 cm³/mol. The molecule has 3 aromatic carbocycles. The number of hydrogen-bond donors (Lipinski definition) is 3. The van der Waals surface area contributed by atoms with Gasteiger partial charge in [0, 0.05) is 22.4 Å². The van der Waals surface area contributed by atoms with E-state index in [2.05, 4.69) is 0 Å². The molecule has 0 amide bonds. The number of anilines is 2. The SMILES string of the molecule is Nc1ccc(-n2c3ccccc3c(=O)c3c(N)ccc(O)c32)cc1. The Morgan fingerprint density at radius 1 is 0.875 bits per heavy atom. The number of para-hydroxylation sites is 1. The van der Waals surface area contributed by atoms with Gasteiger partial charge in [-0.25, -0.2) is 0 Å². The van der Waals surface area contributed by atoms with E-state index in [9.17, 15) is 9.90 Å². The molecule has 0 bridgehead atoms. The van der Waals surface area contributed by atoms with Crippen molar-refractivity contribution in [2.24, 2.45) is 0 Å². The van der Waals surface area contributed by atoms with Gasteiger partial charge in [-0.15, -0.1) is 0 Å². The molecule has 0 radical (unpaired) electrons. The van der Waals surface area contributed by atoms with Crippen molar-refractivity contribution in [3.63, 3.8) is 0 Å². The van der Waals surface area contributed by atoms with Crippen LogP contribution in [-0.2, 0) is 0 Å². The number of nitrogen functional groups attached to an aromatic ring is 2. The Morgan fingerprint density at radius 2 is 1.58 bits per heavy atom. The maximum absolute atomic E-state index is 12.9. The molecule has 0 aliphatic rings. The van der Waals surface area contributed by atoms with E-state index < -0.39 is 0 Å². The summed E-state index contributed by atoms with van der Waals surface area (Å²) in [5.41, 5.74) is 14.5. The molecule has 4 rings (SSSR count). The molecule has 0 unspecified atom stereocenters. The first kappa shape index (κ1) is 14.1. The summed E-state index contributed by atoms with van der Waals surface area (Å²) in [5.74, 6) is -0.00104. The molecule has 4 aromatic rings. The van der Waals surface area contributed by atoms with Crippen LogP contribution in [0.15, 0.2) is 65.5 Å². The monoisotopic (exact) mass is 317 g/mol. The van der Waals surface area contributed by atoms with Crippen LogP contribution in [0.3, 0.4) is 0 Å². The molecule has 0 fully saturated rings. The van der Waals surface area contributed by atoms with Gasteiger partial charge in [-0.2, -0.15) is 0 Å². The summed E-state index contributed by atoms with van der Waals surface area (Å²) in [4.78, 5) is 12.9. The Kier molecular flexibility index (Phi) is 2.96. The van der Waals surface area contributed by atoms with Gasteiger partial charge in [0.15, 0.2) is 5.43 Å². The van der Waals surface area contributed by atoms with Crippen molar-refractivity contribution in [1.29, 1.82) is 0 Å². The second-order valence-electron chi connectivity index (χ2n) is 5.67. The lowest BCUT2D eigenvalue weighted by molar-refractivity contribution is 0.479. The zero-order valence-corrected chi connectivity index (χ0v) is 12.7. The van der Waals surface area contributed by atoms with Gasteiger partial charge >= 0.3 is 0 Å². The van der Waals surface area contributed by atoms with Crippen molar-refractivity contribution in [3.05, 3.63) is 70.9 Å². The molecule has 0 aliphatic carbocycles. The average molecular weight is 317 g/mol. The third-order valence-corrected chi connectivity index (χ3v) is 4.18. The van der Waals surface area contributed by atoms with Crippen LogP contribution < -0.4 is 16.9 Å². The van der Waals surface area contributed by atoms with Crippen molar-refractivity contribution >= 4 is 33.2 Å². The number of pyridine rings is 1. The number of rotatable bonds is 1. The molecule has 0 spiro atoms. The van der Waals surface area contributed by atoms with Crippen molar-refractivity contribution in [2.75, 3.05) is 11.5 Å². The molecule has 1 aromatic heterocycles. The number of aromatic hydroxyl groups is 1. The van der Waals surface area contributed by atoms with Crippen LogP contribution in [-0.4, -0.2) is 9.67 Å². The van der Waals surface area contributed by atoms with Gasteiger partial charge in [0.2, 0.25) is 0 Å². The van der Waals surface area contributed by atoms with Gasteiger partial charge in [-0.3, -0.25) is 4.79 Å². The van der Waals surface area contributed by atoms with E-state index in [1.165, 1.54) is 6.07 Å². The second kappa shape index (κ2) is 5.03. The summed E-state index contributed by atoms with van der Waals surface area (Å²) in [6.07, 6.45) is 0. The highest BCUT2D eigenvalue weighted by molar-refractivity contribution is 6.03. The molecule has 5 heteroatoms.